The quantitative estimate of drug-likeness (QED) is 0.738. The Bertz CT molecular complexity index is 722. The van der Waals surface area contributed by atoms with E-state index in [9.17, 15) is 0 Å². The van der Waals surface area contributed by atoms with Gasteiger partial charge < -0.3 is 5.32 Å². The zero-order valence-electron chi connectivity index (χ0n) is 11.7. The molecule has 2 aromatic carbocycles. The molecular formula is C17H16BrN3. The lowest BCUT2D eigenvalue weighted by Crippen LogP contribution is -2.11. The molecule has 0 amide bonds. The number of aromatic nitrogens is 2. The second-order valence-corrected chi connectivity index (χ2v) is 5.79. The fraction of sp³-hybridized carbons (Fsp3) is 0.118. The SMILES string of the molecule is CC(Nc1nccn1-c1ccccc1)c1cccc(Br)c1. The van der Waals surface area contributed by atoms with Crippen molar-refractivity contribution < 1.29 is 0 Å². The third-order valence-electron chi connectivity index (χ3n) is 3.37. The van der Waals surface area contributed by atoms with Crippen LogP contribution in [0.25, 0.3) is 5.69 Å². The van der Waals surface area contributed by atoms with E-state index in [0.29, 0.717) is 0 Å². The smallest absolute Gasteiger partial charge is 0.207 e. The summed E-state index contributed by atoms with van der Waals surface area (Å²) in [6.45, 7) is 2.13. The van der Waals surface area contributed by atoms with Crippen LogP contribution in [0.3, 0.4) is 0 Å². The molecule has 1 N–H and O–H groups in total. The summed E-state index contributed by atoms with van der Waals surface area (Å²) in [5.74, 6) is 0.841. The van der Waals surface area contributed by atoms with Crippen molar-refractivity contribution in [3.05, 3.63) is 77.0 Å². The van der Waals surface area contributed by atoms with Crippen LogP contribution in [0.4, 0.5) is 5.95 Å². The van der Waals surface area contributed by atoms with E-state index in [2.05, 4.69) is 62.0 Å². The van der Waals surface area contributed by atoms with Crippen LogP contribution in [-0.4, -0.2) is 9.55 Å². The summed E-state index contributed by atoms with van der Waals surface area (Å²) in [6, 6.07) is 18.7. The summed E-state index contributed by atoms with van der Waals surface area (Å²) in [6.07, 6.45) is 3.77. The van der Waals surface area contributed by atoms with Gasteiger partial charge >= 0.3 is 0 Å². The van der Waals surface area contributed by atoms with Gasteiger partial charge in [0.15, 0.2) is 0 Å². The van der Waals surface area contributed by atoms with Crippen LogP contribution in [0, 0.1) is 0 Å². The van der Waals surface area contributed by atoms with Gasteiger partial charge in [-0.25, -0.2) is 4.98 Å². The maximum atomic E-state index is 4.42. The van der Waals surface area contributed by atoms with Crippen molar-refractivity contribution in [2.45, 2.75) is 13.0 Å². The number of nitrogens with one attached hydrogen (secondary N) is 1. The molecule has 1 heterocycles. The molecule has 0 aliphatic carbocycles. The van der Waals surface area contributed by atoms with E-state index < -0.39 is 0 Å². The Balaban J connectivity index is 1.85. The Labute approximate surface area is 132 Å². The van der Waals surface area contributed by atoms with Crippen LogP contribution >= 0.6 is 15.9 Å². The molecule has 1 aromatic heterocycles. The van der Waals surface area contributed by atoms with Crippen LogP contribution < -0.4 is 5.32 Å². The minimum atomic E-state index is 0.173. The highest BCUT2D eigenvalue weighted by Crippen LogP contribution is 2.22. The Morgan fingerprint density at radius 1 is 1.10 bits per heavy atom. The number of hydrogen-bond acceptors (Lipinski definition) is 2. The third kappa shape index (κ3) is 3.16. The van der Waals surface area contributed by atoms with Crippen molar-refractivity contribution in [3.8, 4) is 5.69 Å². The van der Waals surface area contributed by atoms with E-state index in [1.54, 1.807) is 0 Å². The summed E-state index contributed by atoms with van der Waals surface area (Å²) in [7, 11) is 0. The van der Waals surface area contributed by atoms with Crippen molar-refractivity contribution >= 4 is 21.9 Å². The second-order valence-electron chi connectivity index (χ2n) is 4.88. The van der Waals surface area contributed by atoms with E-state index >= 15 is 0 Å². The molecular weight excluding hydrogens is 326 g/mol. The highest BCUT2D eigenvalue weighted by Gasteiger charge is 2.10. The molecule has 4 heteroatoms. The number of halogens is 1. The summed E-state index contributed by atoms with van der Waals surface area (Å²) >= 11 is 3.51. The van der Waals surface area contributed by atoms with E-state index in [-0.39, 0.29) is 6.04 Å². The molecule has 0 spiro atoms. The lowest BCUT2D eigenvalue weighted by atomic mass is 10.1. The number of anilines is 1. The highest BCUT2D eigenvalue weighted by atomic mass is 79.9. The van der Waals surface area contributed by atoms with Crippen LogP contribution in [-0.2, 0) is 0 Å². The van der Waals surface area contributed by atoms with E-state index in [4.69, 9.17) is 0 Å². The predicted molar refractivity (Wildman–Crippen MR) is 89.7 cm³/mol. The van der Waals surface area contributed by atoms with Gasteiger partial charge in [-0.15, -0.1) is 0 Å². The number of para-hydroxylation sites is 1. The first-order valence-electron chi connectivity index (χ1n) is 6.85. The number of nitrogens with zero attached hydrogens (tertiary/aromatic N) is 2. The third-order valence-corrected chi connectivity index (χ3v) is 3.86. The zero-order chi connectivity index (χ0) is 14.7. The van der Waals surface area contributed by atoms with Crippen molar-refractivity contribution in [3.63, 3.8) is 0 Å². The molecule has 0 radical (unpaired) electrons. The number of hydrogen-bond donors (Lipinski definition) is 1. The molecule has 1 unspecified atom stereocenters. The van der Waals surface area contributed by atoms with Gasteiger partial charge in [0.05, 0.1) is 6.04 Å². The molecule has 0 saturated carbocycles. The Kier molecular flexibility index (Phi) is 4.06. The minimum Gasteiger partial charge on any atom is -0.349 e. The van der Waals surface area contributed by atoms with E-state index in [0.717, 1.165) is 16.1 Å². The first-order valence-corrected chi connectivity index (χ1v) is 7.64. The van der Waals surface area contributed by atoms with Crippen molar-refractivity contribution in [2.24, 2.45) is 0 Å². The Morgan fingerprint density at radius 2 is 1.90 bits per heavy atom. The highest BCUT2D eigenvalue weighted by molar-refractivity contribution is 9.10. The lowest BCUT2D eigenvalue weighted by molar-refractivity contribution is 0.850. The van der Waals surface area contributed by atoms with Gasteiger partial charge in [-0.3, -0.25) is 4.57 Å². The summed E-state index contributed by atoms with van der Waals surface area (Å²) in [5, 5.41) is 3.46. The largest absolute Gasteiger partial charge is 0.349 e. The molecule has 1 atom stereocenters. The van der Waals surface area contributed by atoms with Crippen LogP contribution in [0.15, 0.2) is 71.5 Å². The molecule has 21 heavy (non-hydrogen) atoms. The second kappa shape index (κ2) is 6.14. The van der Waals surface area contributed by atoms with Gasteiger partial charge in [-0.05, 0) is 36.8 Å². The van der Waals surface area contributed by atoms with Gasteiger partial charge in [-0.1, -0.05) is 46.3 Å². The maximum absolute atomic E-state index is 4.42. The zero-order valence-corrected chi connectivity index (χ0v) is 13.3. The van der Waals surface area contributed by atoms with E-state index in [1.165, 1.54) is 5.56 Å². The molecule has 3 aromatic rings. The summed E-state index contributed by atoms with van der Waals surface area (Å²) in [4.78, 5) is 4.42. The normalized spacial score (nSPS) is 12.1. The van der Waals surface area contributed by atoms with Gasteiger partial charge in [-0.2, -0.15) is 0 Å². The van der Waals surface area contributed by atoms with Gasteiger partial charge in [0.2, 0.25) is 5.95 Å². The summed E-state index contributed by atoms with van der Waals surface area (Å²) < 4.78 is 3.13. The molecule has 0 fully saturated rings. The van der Waals surface area contributed by atoms with Gasteiger partial charge in [0.25, 0.3) is 0 Å². The minimum absolute atomic E-state index is 0.173. The van der Waals surface area contributed by atoms with Crippen molar-refractivity contribution in [2.75, 3.05) is 5.32 Å². The number of rotatable bonds is 4. The van der Waals surface area contributed by atoms with Crippen LogP contribution in [0.5, 0.6) is 0 Å². The van der Waals surface area contributed by atoms with Gasteiger partial charge in [0, 0.05) is 22.6 Å². The average Bonchev–Trinajstić information content (AvgIpc) is 2.96. The van der Waals surface area contributed by atoms with E-state index in [1.807, 2.05) is 42.7 Å². The predicted octanol–water partition coefficient (Wildman–Crippen LogP) is 4.81. The monoisotopic (exact) mass is 341 g/mol. The fourth-order valence-corrected chi connectivity index (χ4v) is 2.68. The Hall–Kier alpha value is -2.07. The van der Waals surface area contributed by atoms with Gasteiger partial charge in [0.1, 0.15) is 0 Å². The molecule has 3 rings (SSSR count). The fourth-order valence-electron chi connectivity index (χ4n) is 2.26. The molecule has 3 nitrogen and oxygen atoms in total. The molecule has 106 valence electrons. The lowest BCUT2D eigenvalue weighted by Gasteiger charge is -2.16. The van der Waals surface area contributed by atoms with Crippen LogP contribution in [0.1, 0.15) is 18.5 Å². The van der Waals surface area contributed by atoms with Crippen molar-refractivity contribution in [1.82, 2.24) is 9.55 Å². The first kappa shape index (κ1) is 13.9. The molecule has 0 saturated heterocycles. The number of benzene rings is 2. The summed E-state index contributed by atoms with van der Waals surface area (Å²) in [5.41, 5.74) is 2.31. The first-order chi connectivity index (χ1) is 10.2. The number of imidazole rings is 1. The molecule has 0 aliphatic heterocycles. The topological polar surface area (TPSA) is 29.9 Å². The molecule has 0 aliphatic rings. The Morgan fingerprint density at radius 3 is 2.67 bits per heavy atom. The van der Waals surface area contributed by atoms with Crippen LogP contribution in [0.2, 0.25) is 0 Å². The standard InChI is InChI=1S/C17H16BrN3/c1-13(14-6-5-7-15(18)12-14)20-17-19-10-11-21(17)16-8-3-2-4-9-16/h2-13H,1H3,(H,19,20). The maximum Gasteiger partial charge on any atom is 0.207 e. The van der Waals surface area contributed by atoms with Crippen molar-refractivity contribution in [1.29, 1.82) is 0 Å². The average molecular weight is 342 g/mol. The molecule has 0 bridgehead atoms.